The minimum atomic E-state index is -1.16. The molecular weight excluding hydrogens is 433 g/mol. The number of nitrogens with one attached hydrogen (secondary N) is 1. The zero-order chi connectivity index (χ0) is 20.9. The number of phenolic OH excluding ortho intramolecular Hbond substituents is 1. The smallest absolute Gasteiger partial charge is 0.412 e. The lowest BCUT2D eigenvalue weighted by Gasteiger charge is -2.31. The first kappa shape index (κ1) is 21.4. The fourth-order valence-corrected chi connectivity index (χ4v) is 2.76. The van der Waals surface area contributed by atoms with E-state index in [1.54, 1.807) is 38.1 Å². The van der Waals surface area contributed by atoms with Crippen molar-refractivity contribution >= 4 is 33.7 Å². The number of hydrogen-bond donors (Lipinski definition) is 3. The third-order valence-electron chi connectivity index (χ3n) is 3.92. The van der Waals surface area contributed by atoms with Crippen molar-refractivity contribution in [3.63, 3.8) is 0 Å². The Morgan fingerprint density at radius 2 is 1.86 bits per heavy atom. The van der Waals surface area contributed by atoms with Crippen LogP contribution < -0.4 is 5.32 Å². The van der Waals surface area contributed by atoms with Crippen molar-refractivity contribution in [1.82, 2.24) is 0 Å². The number of phenols is 1. The summed E-state index contributed by atoms with van der Waals surface area (Å²) >= 11 is 3.29. The number of amides is 1. The van der Waals surface area contributed by atoms with Crippen LogP contribution in [0.15, 0.2) is 59.1 Å². The summed E-state index contributed by atoms with van der Waals surface area (Å²) < 4.78 is 20.2. The predicted molar refractivity (Wildman–Crippen MR) is 106 cm³/mol. The number of carboxylic acid groups (broad SMARTS) is 1. The van der Waals surface area contributed by atoms with E-state index < -0.39 is 35.1 Å². The minimum absolute atomic E-state index is 0.265. The molecule has 2 aromatic carbocycles. The lowest BCUT2D eigenvalue weighted by Crippen LogP contribution is -2.28. The van der Waals surface area contributed by atoms with E-state index in [0.717, 1.165) is 22.7 Å². The van der Waals surface area contributed by atoms with Crippen LogP contribution in [0.25, 0.3) is 0 Å². The minimum Gasteiger partial charge on any atom is -0.505 e. The van der Waals surface area contributed by atoms with Crippen LogP contribution in [-0.4, -0.2) is 22.3 Å². The number of anilines is 1. The molecule has 0 saturated carbocycles. The summed E-state index contributed by atoms with van der Waals surface area (Å²) in [4.78, 5) is 23.3. The van der Waals surface area contributed by atoms with Gasteiger partial charge in [-0.05, 0) is 42.0 Å². The molecule has 6 nitrogen and oxygen atoms in total. The molecule has 1 atom stereocenters. The van der Waals surface area contributed by atoms with Crippen LogP contribution in [0.4, 0.5) is 14.9 Å². The highest BCUT2D eigenvalue weighted by atomic mass is 79.9. The number of halogens is 2. The highest BCUT2D eigenvalue weighted by molar-refractivity contribution is 9.10. The summed E-state index contributed by atoms with van der Waals surface area (Å²) in [6.07, 6.45) is 0.475. The highest BCUT2D eigenvalue weighted by Crippen LogP contribution is 2.39. The molecule has 0 spiro atoms. The average Bonchev–Trinajstić information content (AvgIpc) is 2.62. The molecule has 0 aromatic heterocycles. The Morgan fingerprint density at radius 1 is 1.21 bits per heavy atom. The second-order valence-electron chi connectivity index (χ2n) is 6.62. The van der Waals surface area contributed by atoms with Crippen molar-refractivity contribution < 1.29 is 28.9 Å². The highest BCUT2D eigenvalue weighted by Gasteiger charge is 2.33. The largest absolute Gasteiger partial charge is 0.505 e. The van der Waals surface area contributed by atoms with E-state index >= 15 is 0 Å². The van der Waals surface area contributed by atoms with Gasteiger partial charge < -0.3 is 14.9 Å². The molecular formula is C20H19BrFNO5. The van der Waals surface area contributed by atoms with Crippen LogP contribution in [0.5, 0.6) is 5.75 Å². The van der Waals surface area contributed by atoms with Gasteiger partial charge in [-0.25, -0.2) is 14.0 Å². The van der Waals surface area contributed by atoms with Gasteiger partial charge in [0, 0.05) is 21.7 Å². The number of hydrogen-bond acceptors (Lipinski definition) is 4. The molecule has 0 unspecified atom stereocenters. The number of aliphatic carboxylic acids is 1. The average molecular weight is 452 g/mol. The summed E-state index contributed by atoms with van der Waals surface area (Å²) in [6, 6.07) is 10.4. The van der Waals surface area contributed by atoms with Crippen molar-refractivity contribution in [2.45, 2.75) is 20.0 Å². The van der Waals surface area contributed by atoms with E-state index in [1.165, 1.54) is 12.1 Å². The van der Waals surface area contributed by atoms with Crippen LogP contribution in [0.1, 0.15) is 25.5 Å². The molecule has 0 saturated heterocycles. The predicted octanol–water partition coefficient (Wildman–Crippen LogP) is 5.25. The van der Waals surface area contributed by atoms with E-state index in [9.17, 15) is 19.1 Å². The fourth-order valence-electron chi connectivity index (χ4n) is 2.50. The maximum atomic E-state index is 13.8. The molecule has 0 heterocycles. The third-order valence-corrected chi connectivity index (χ3v) is 4.45. The van der Waals surface area contributed by atoms with Crippen molar-refractivity contribution in [2.24, 2.45) is 5.41 Å². The summed E-state index contributed by atoms with van der Waals surface area (Å²) in [5.41, 5.74) is -0.234. The summed E-state index contributed by atoms with van der Waals surface area (Å²) in [5, 5.41) is 20.9. The Hall–Kier alpha value is -2.87. The van der Waals surface area contributed by atoms with E-state index in [2.05, 4.69) is 21.2 Å². The Kier molecular flexibility index (Phi) is 6.80. The first-order valence-corrected chi connectivity index (χ1v) is 9.01. The summed E-state index contributed by atoms with van der Waals surface area (Å²) in [7, 11) is 0. The molecule has 1 amide bonds. The number of carbonyl (C=O) groups is 2. The molecule has 0 aliphatic rings. The number of carboxylic acids is 1. The molecule has 2 rings (SSSR count). The van der Waals surface area contributed by atoms with Gasteiger partial charge in [-0.3, -0.25) is 5.32 Å². The van der Waals surface area contributed by atoms with Crippen LogP contribution >= 0.6 is 15.9 Å². The molecule has 2 aromatic rings. The van der Waals surface area contributed by atoms with Crippen molar-refractivity contribution in [3.8, 4) is 5.75 Å². The monoisotopic (exact) mass is 451 g/mol. The SMILES string of the molecule is CC(C)(/C=C/C(=O)O)[C@@H](OC(=O)Nc1ccc(Br)cc1)c1ccc(O)c(F)c1. The van der Waals surface area contributed by atoms with Crippen molar-refractivity contribution in [2.75, 3.05) is 5.32 Å². The van der Waals surface area contributed by atoms with Crippen molar-refractivity contribution in [3.05, 3.63) is 70.5 Å². The molecule has 0 radical (unpaired) electrons. The quantitative estimate of drug-likeness (QED) is 0.521. The van der Waals surface area contributed by atoms with Crippen LogP contribution in [0, 0.1) is 11.2 Å². The van der Waals surface area contributed by atoms with Crippen LogP contribution in [0.2, 0.25) is 0 Å². The lowest BCUT2D eigenvalue weighted by molar-refractivity contribution is -0.131. The molecule has 0 fully saturated rings. The molecule has 0 aliphatic carbocycles. The Morgan fingerprint density at radius 3 is 2.43 bits per heavy atom. The van der Waals surface area contributed by atoms with Gasteiger partial charge in [-0.15, -0.1) is 0 Å². The van der Waals surface area contributed by atoms with Gasteiger partial charge in [-0.1, -0.05) is 41.9 Å². The maximum absolute atomic E-state index is 13.8. The lowest BCUT2D eigenvalue weighted by atomic mass is 9.82. The second kappa shape index (κ2) is 8.88. The van der Waals surface area contributed by atoms with E-state index in [1.807, 2.05) is 0 Å². The number of benzene rings is 2. The zero-order valence-electron chi connectivity index (χ0n) is 15.1. The van der Waals surface area contributed by atoms with E-state index in [0.29, 0.717) is 5.69 Å². The first-order valence-electron chi connectivity index (χ1n) is 8.22. The van der Waals surface area contributed by atoms with Gasteiger partial charge in [0.05, 0.1) is 0 Å². The molecule has 0 aliphatic heterocycles. The maximum Gasteiger partial charge on any atom is 0.412 e. The Balaban J connectivity index is 2.31. The van der Waals surface area contributed by atoms with Crippen LogP contribution in [-0.2, 0) is 9.53 Å². The first-order chi connectivity index (χ1) is 13.1. The Labute approximate surface area is 169 Å². The van der Waals surface area contributed by atoms with Gasteiger partial charge in [0.2, 0.25) is 0 Å². The Bertz CT molecular complexity index is 896. The molecule has 3 N–H and O–H groups in total. The normalized spacial score (nSPS) is 12.6. The molecule has 28 heavy (non-hydrogen) atoms. The van der Waals surface area contributed by atoms with Gasteiger partial charge in [0.15, 0.2) is 11.6 Å². The summed E-state index contributed by atoms with van der Waals surface area (Å²) in [6.45, 7) is 3.30. The van der Waals surface area contributed by atoms with Gasteiger partial charge >= 0.3 is 12.1 Å². The third kappa shape index (κ3) is 5.82. The standard InChI is InChI=1S/C20H19BrFNO5/c1-20(2,10-9-17(25)26)18(12-3-8-16(24)15(22)11-12)28-19(27)23-14-6-4-13(21)5-7-14/h3-11,18,24H,1-2H3,(H,23,27)(H,25,26)/b10-9+/t18-/m0/s1. The van der Waals surface area contributed by atoms with Gasteiger partial charge in [-0.2, -0.15) is 0 Å². The van der Waals surface area contributed by atoms with Crippen LogP contribution in [0.3, 0.4) is 0 Å². The number of carbonyl (C=O) groups excluding carboxylic acids is 1. The molecule has 8 heteroatoms. The summed E-state index contributed by atoms with van der Waals surface area (Å²) in [5.74, 6) is -2.58. The van der Waals surface area contributed by atoms with E-state index in [-0.39, 0.29) is 5.56 Å². The molecule has 148 valence electrons. The zero-order valence-corrected chi connectivity index (χ0v) is 16.7. The molecule has 0 bridgehead atoms. The fraction of sp³-hybridized carbons (Fsp3) is 0.200. The topological polar surface area (TPSA) is 95.9 Å². The van der Waals surface area contributed by atoms with E-state index in [4.69, 9.17) is 9.84 Å². The second-order valence-corrected chi connectivity index (χ2v) is 7.54. The van der Waals surface area contributed by atoms with Gasteiger partial charge in [0.25, 0.3) is 0 Å². The number of ether oxygens (including phenoxy) is 1. The van der Waals surface area contributed by atoms with Crippen molar-refractivity contribution in [1.29, 1.82) is 0 Å². The number of aromatic hydroxyl groups is 1. The van der Waals surface area contributed by atoms with Gasteiger partial charge in [0.1, 0.15) is 6.10 Å². The number of rotatable bonds is 6.